The van der Waals surface area contributed by atoms with Crippen molar-refractivity contribution in [2.75, 3.05) is 6.54 Å². The zero-order chi connectivity index (χ0) is 15.9. The Morgan fingerprint density at radius 3 is 2.36 bits per heavy atom. The lowest BCUT2D eigenvalue weighted by molar-refractivity contribution is -0.131. The van der Waals surface area contributed by atoms with Gasteiger partial charge in [-0.3, -0.25) is 4.79 Å². The summed E-state index contributed by atoms with van der Waals surface area (Å²) in [5.41, 5.74) is 2.19. The lowest BCUT2D eigenvalue weighted by Gasteiger charge is -2.23. The van der Waals surface area contributed by atoms with Gasteiger partial charge in [0.1, 0.15) is 0 Å². The van der Waals surface area contributed by atoms with Crippen LogP contribution >= 0.6 is 11.6 Å². The highest BCUT2D eigenvalue weighted by Crippen LogP contribution is 2.22. The molecule has 3 heteroatoms. The van der Waals surface area contributed by atoms with Crippen molar-refractivity contribution in [3.8, 4) is 0 Å². The molecule has 1 unspecified atom stereocenters. The molecule has 1 amide bonds. The van der Waals surface area contributed by atoms with Gasteiger partial charge in [0.05, 0.1) is 0 Å². The molecule has 0 bridgehead atoms. The third-order valence-electron chi connectivity index (χ3n) is 3.90. The smallest absolute Gasteiger partial charge is 0.223 e. The van der Waals surface area contributed by atoms with Crippen molar-refractivity contribution in [2.45, 2.75) is 32.7 Å². The first-order valence-corrected chi connectivity index (χ1v) is 8.05. The lowest BCUT2D eigenvalue weighted by atomic mass is 9.97. The van der Waals surface area contributed by atoms with Crippen LogP contribution in [0.5, 0.6) is 0 Å². The van der Waals surface area contributed by atoms with Crippen LogP contribution in [0.25, 0.3) is 0 Å². The quantitative estimate of drug-likeness (QED) is 0.743. The number of nitrogens with zero attached hydrogens (tertiary/aromatic N) is 1. The predicted octanol–water partition coefficient (Wildman–Crippen LogP) is 4.88. The summed E-state index contributed by atoms with van der Waals surface area (Å²) in [5.74, 6) is 0.382. The second kappa shape index (κ2) is 8.00. The molecule has 2 aromatic carbocycles. The van der Waals surface area contributed by atoms with Crippen LogP contribution in [0.2, 0.25) is 5.02 Å². The van der Waals surface area contributed by atoms with E-state index >= 15 is 0 Å². The molecule has 0 aliphatic rings. The third-order valence-corrected chi connectivity index (χ3v) is 4.27. The SMILES string of the molecule is CCN(Cc1ccccc1Cl)C(=O)CC(C)c1ccccc1. The van der Waals surface area contributed by atoms with Crippen LogP contribution in [0.15, 0.2) is 54.6 Å². The Morgan fingerprint density at radius 1 is 1.09 bits per heavy atom. The summed E-state index contributed by atoms with van der Waals surface area (Å²) >= 11 is 6.19. The van der Waals surface area contributed by atoms with E-state index in [9.17, 15) is 4.79 Å². The number of amides is 1. The van der Waals surface area contributed by atoms with Crippen LogP contribution in [-0.4, -0.2) is 17.4 Å². The molecule has 1 atom stereocenters. The number of benzene rings is 2. The average molecular weight is 316 g/mol. The Hall–Kier alpha value is -1.80. The Balaban J connectivity index is 2.02. The molecule has 0 aromatic heterocycles. The van der Waals surface area contributed by atoms with Crippen molar-refractivity contribution in [2.24, 2.45) is 0 Å². The van der Waals surface area contributed by atoms with Gasteiger partial charge in [-0.05, 0) is 30.0 Å². The standard InChI is InChI=1S/C19H22ClNO/c1-3-21(14-17-11-7-8-12-18(17)20)19(22)13-15(2)16-9-5-4-6-10-16/h4-12,15H,3,13-14H2,1-2H3. The number of hydrogen-bond donors (Lipinski definition) is 0. The van der Waals surface area contributed by atoms with Crippen LogP contribution in [0.3, 0.4) is 0 Å². The molecule has 116 valence electrons. The van der Waals surface area contributed by atoms with E-state index in [1.807, 2.05) is 54.3 Å². The highest BCUT2D eigenvalue weighted by atomic mass is 35.5. The van der Waals surface area contributed by atoms with Gasteiger partial charge in [-0.2, -0.15) is 0 Å². The predicted molar refractivity (Wildman–Crippen MR) is 92.0 cm³/mol. The van der Waals surface area contributed by atoms with Gasteiger partial charge in [0, 0.05) is 24.5 Å². The number of carbonyl (C=O) groups is 1. The third kappa shape index (κ3) is 4.35. The number of hydrogen-bond acceptors (Lipinski definition) is 1. The second-order valence-electron chi connectivity index (χ2n) is 5.52. The Morgan fingerprint density at radius 2 is 1.73 bits per heavy atom. The van der Waals surface area contributed by atoms with Crippen molar-refractivity contribution in [3.05, 3.63) is 70.7 Å². The molecule has 0 N–H and O–H groups in total. The van der Waals surface area contributed by atoms with E-state index in [-0.39, 0.29) is 11.8 Å². The summed E-state index contributed by atoms with van der Waals surface area (Å²) in [7, 11) is 0. The fraction of sp³-hybridized carbons (Fsp3) is 0.316. The summed E-state index contributed by atoms with van der Waals surface area (Å²) in [6.45, 7) is 5.35. The summed E-state index contributed by atoms with van der Waals surface area (Å²) in [5, 5.41) is 0.713. The molecule has 0 spiro atoms. The van der Waals surface area contributed by atoms with Gasteiger partial charge in [-0.15, -0.1) is 0 Å². The van der Waals surface area contributed by atoms with Gasteiger partial charge < -0.3 is 4.90 Å². The molecule has 0 radical (unpaired) electrons. The zero-order valence-corrected chi connectivity index (χ0v) is 13.9. The van der Waals surface area contributed by atoms with Crippen LogP contribution < -0.4 is 0 Å². The molecule has 0 saturated carbocycles. The Bertz CT molecular complexity index is 612. The highest BCUT2D eigenvalue weighted by Gasteiger charge is 2.17. The number of halogens is 1. The Labute approximate surface area is 137 Å². The van der Waals surface area contributed by atoms with Gasteiger partial charge in [0.25, 0.3) is 0 Å². The molecule has 0 aliphatic carbocycles. The molecule has 2 aromatic rings. The number of rotatable bonds is 6. The first kappa shape index (κ1) is 16.6. The molecule has 0 aliphatic heterocycles. The van der Waals surface area contributed by atoms with Crippen LogP contribution in [0.4, 0.5) is 0 Å². The van der Waals surface area contributed by atoms with Crippen LogP contribution in [0.1, 0.15) is 37.3 Å². The van der Waals surface area contributed by atoms with Crippen LogP contribution in [-0.2, 0) is 11.3 Å². The Kier molecular flexibility index (Phi) is 6.02. The van der Waals surface area contributed by atoms with E-state index in [0.29, 0.717) is 24.5 Å². The maximum absolute atomic E-state index is 12.6. The van der Waals surface area contributed by atoms with E-state index in [1.165, 1.54) is 5.56 Å². The summed E-state index contributed by atoms with van der Waals surface area (Å²) < 4.78 is 0. The monoisotopic (exact) mass is 315 g/mol. The second-order valence-corrected chi connectivity index (χ2v) is 5.92. The fourth-order valence-corrected chi connectivity index (χ4v) is 2.69. The normalized spacial score (nSPS) is 12.0. The molecule has 0 saturated heterocycles. The van der Waals surface area contributed by atoms with E-state index < -0.39 is 0 Å². The largest absolute Gasteiger partial charge is 0.339 e. The molecule has 2 rings (SSSR count). The van der Waals surface area contributed by atoms with Crippen molar-refractivity contribution in [1.29, 1.82) is 0 Å². The maximum atomic E-state index is 12.6. The summed E-state index contributed by atoms with van der Waals surface area (Å²) in [6.07, 6.45) is 0.516. The molecular weight excluding hydrogens is 294 g/mol. The first-order valence-electron chi connectivity index (χ1n) is 7.68. The summed E-state index contributed by atoms with van der Waals surface area (Å²) in [4.78, 5) is 14.4. The first-order chi connectivity index (χ1) is 10.6. The molecule has 0 heterocycles. The minimum absolute atomic E-state index is 0.166. The molecule has 2 nitrogen and oxygen atoms in total. The molecular formula is C19H22ClNO. The van der Waals surface area contributed by atoms with Gasteiger partial charge in [-0.1, -0.05) is 67.1 Å². The van der Waals surface area contributed by atoms with Crippen molar-refractivity contribution >= 4 is 17.5 Å². The van der Waals surface area contributed by atoms with Crippen molar-refractivity contribution < 1.29 is 4.79 Å². The van der Waals surface area contributed by atoms with E-state index in [4.69, 9.17) is 11.6 Å². The topological polar surface area (TPSA) is 20.3 Å². The zero-order valence-electron chi connectivity index (χ0n) is 13.1. The van der Waals surface area contributed by atoms with Crippen molar-refractivity contribution in [3.63, 3.8) is 0 Å². The van der Waals surface area contributed by atoms with Gasteiger partial charge >= 0.3 is 0 Å². The molecule has 0 fully saturated rings. The average Bonchev–Trinajstić information content (AvgIpc) is 2.54. The minimum atomic E-state index is 0.166. The lowest BCUT2D eigenvalue weighted by Crippen LogP contribution is -2.31. The highest BCUT2D eigenvalue weighted by molar-refractivity contribution is 6.31. The summed E-state index contributed by atoms with van der Waals surface area (Å²) in [6, 6.07) is 17.8. The van der Waals surface area contributed by atoms with Gasteiger partial charge in [0.15, 0.2) is 0 Å². The molecule has 22 heavy (non-hydrogen) atoms. The van der Waals surface area contributed by atoms with Crippen molar-refractivity contribution in [1.82, 2.24) is 4.90 Å². The fourth-order valence-electron chi connectivity index (χ4n) is 2.50. The van der Waals surface area contributed by atoms with Crippen LogP contribution in [0, 0.1) is 0 Å². The minimum Gasteiger partial charge on any atom is -0.339 e. The van der Waals surface area contributed by atoms with Gasteiger partial charge in [-0.25, -0.2) is 0 Å². The van der Waals surface area contributed by atoms with E-state index in [0.717, 1.165) is 5.56 Å². The maximum Gasteiger partial charge on any atom is 0.223 e. The number of carbonyl (C=O) groups excluding carboxylic acids is 1. The van der Waals surface area contributed by atoms with E-state index in [2.05, 4.69) is 19.1 Å². The van der Waals surface area contributed by atoms with Gasteiger partial charge in [0.2, 0.25) is 5.91 Å². The van der Waals surface area contributed by atoms with E-state index in [1.54, 1.807) is 0 Å².